The molecule has 12 unspecified atom stereocenters. The highest BCUT2D eigenvalue weighted by atomic mass is 16.7. The van der Waals surface area contributed by atoms with Crippen LogP contribution in [0.3, 0.4) is 0 Å². The average molecular weight is 1440 g/mol. The van der Waals surface area contributed by atoms with Crippen LogP contribution in [0.4, 0.5) is 0 Å². The number of hydrogen-bond donors (Lipinski definition) is 9. The smallest absolute Gasteiger partial charge is 0.220 e. The van der Waals surface area contributed by atoms with E-state index in [1.54, 1.807) is 0 Å². The zero-order valence-electron chi connectivity index (χ0n) is 66.5. The van der Waals surface area contributed by atoms with Crippen LogP contribution in [0.1, 0.15) is 457 Å². The van der Waals surface area contributed by atoms with Gasteiger partial charge in [0.1, 0.15) is 48.8 Å². The minimum Gasteiger partial charge on any atom is -0.394 e. The predicted octanol–water partition coefficient (Wildman–Crippen LogP) is 21.4. The number of unbranched alkanes of at least 4 members (excludes halogenated alkanes) is 65. The summed E-state index contributed by atoms with van der Waals surface area (Å²) < 4.78 is 23.0. The Morgan fingerprint density at radius 1 is 0.317 bits per heavy atom. The first kappa shape index (κ1) is 96.1. The maximum Gasteiger partial charge on any atom is 0.220 e. The van der Waals surface area contributed by atoms with Crippen LogP contribution in [-0.2, 0) is 23.7 Å². The fourth-order valence-electron chi connectivity index (χ4n) is 15.5. The normalized spacial score (nSPS) is 21.6. The molecule has 1 amide bonds. The second-order valence-electron chi connectivity index (χ2n) is 32.1. The van der Waals surface area contributed by atoms with E-state index in [1.807, 2.05) is 0 Å². The van der Waals surface area contributed by atoms with Gasteiger partial charge < -0.3 is 65.1 Å². The Morgan fingerprint density at radius 2 is 0.564 bits per heavy atom. The Bertz CT molecular complexity index is 1700. The molecule has 0 aliphatic carbocycles. The molecule has 2 saturated heterocycles. The molecule has 0 spiro atoms. The number of ether oxygens (including phenoxy) is 4. The molecule has 9 N–H and O–H groups in total. The highest BCUT2D eigenvalue weighted by Gasteiger charge is 2.51. The minimum atomic E-state index is -1.78. The lowest BCUT2D eigenvalue weighted by molar-refractivity contribution is -0.359. The lowest BCUT2D eigenvalue weighted by Gasteiger charge is -2.46. The minimum absolute atomic E-state index is 0.193. The van der Waals surface area contributed by atoms with Crippen molar-refractivity contribution < 1.29 is 64.6 Å². The van der Waals surface area contributed by atoms with Crippen molar-refractivity contribution in [1.29, 1.82) is 0 Å². The predicted molar refractivity (Wildman–Crippen MR) is 420 cm³/mol. The molecule has 602 valence electrons. The van der Waals surface area contributed by atoms with Crippen LogP contribution in [0.5, 0.6) is 0 Å². The third-order valence-corrected chi connectivity index (χ3v) is 22.6. The van der Waals surface area contributed by atoms with E-state index in [9.17, 15) is 45.6 Å². The van der Waals surface area contributed by atoms with Crippen LogP contribution in [0, 0.1) is 0 Å². The van der Waals surface area contributed by atoms with Crippen LogP contribution in [0.2, 0.25) is 0 Å². The van der Waals surface area contributed by atoms with E-state index in [2.05, 4.69) is 19.2 Å². The van der Waals surface area contributed by atoms with Gasteiger partial charge in [0, 0.05) is 6.42 Å². The van der Waals surface area contributed by atoms with Crippen molar-refractivity contribution in [1.82, 2.24) is 5.32 Å². The maximum absolute atomic E-state index is 13.4. The highest BCUT2D eigenvalue weighted by Crippen LogP contribution is 2.31. The third kappa shape index (κ3) is 54.3. The number of amides is 1. The molecule has 14 nitrogen and oxygen atoms in total. The van der Waals surface area contributed by atoms with E-state index < -0.39 is 86.8 Å². The lowest BCUT2D eigenvalue weighted by atomic mass is 9.97. The molecular formula is C87H171NO13. The molecular weight excluding hydrogens is 1270 g/mol. The van der Waals surface area contributed by atoms with E-state index >= 15 is 0 Å². The van der Waals surface area contributed by atoms with E-state index in [1.165, 1.54) is 379 Å². The third-order valence-electron chi connectivity index (χ3n) is 22.6. The van der Waals surface area contributed by atoms with Crippen LogP contribution >= 0.6 is 0 Å². The number of aliphatic hydroxyl groups excluding tert-OH is 8. The molecule has 2 aliphatic rings. The zero-order valence-corrected chi connectivity index (χ0v) is 66.5. The van der Waals surface area contributed by atoms with Gasteiger partial charge in [-0.2, -0.15) is 0 Å². The Kier molecular flexibility index (Phi) is 68.4. The van der Waals surface area contributed by atoms with Crippen molar-refractivity contribution in [3.05, 3.63) is 0 Å². The van der Waals surface area contributed by atoms with Crippen LogP contribution in [0.15, 0.2) is 0 Å². The summed E-state index contributed by atoms with van der Waals surface area (Å²) in [6.45, 7) is 2.96. The van der Waals surface area contributed by atoms with Gasteiger partial charge in [0.15, 0.2) is 12.6 Å². The molecule has 0 aromatic rings. The summed E-state index contributed by atoms with van der Waals surface area (Å²) in [5.41, 5.74) is 0. The summed E-state index contributed by atoms with van der Waals surface area (Å²) >= 11 is 0. The fraction of sp³-hybridized carbons (Fsp3) is 0.989. The number of carbonyl (C=O) groups is 1. The van der Waals surface area contributed by atoms with Gasteiger partial charge in [-0.3, -0.25) is 4.79 Å². The summed E-state index contributed by atoms with van der Waals surface area (Å²) in [7, 11) is 0. The number of carbonyl (C=O) groups excluding carboxylic acids is 1. The van der Waals surface area contributed by atoms with E-state index in [-0.39, 0.29) is 12.5 Å². The Hall–Kier alpha value is -1.01. The zero-order chi connectivity index (χ0) is 73.0. The topological polar surface area (TPSA) is 228 Å². The van der Waals surface area contributed by atoms with E-state index in [0.29, 0.717) is 12.8 Å². The molecule has 2 aliphatic heterocycles. The standard InChI is InChI=1S/C87H171NO13/c1-3-5-7-9-11-13-15-17-19-21-23-25-27-29-31-33-35-36-37-38-39-41-43-45-47-49-51-53-55-57-59-61-63-65-67-69-71-79(92)88-75(74-98-86-84(97)82(95)85(78(73-90)100-86)101-87-83(96)81(94)80(93)77(72-89)99-87)76(91)70-68-66-64-62-60-58-56-54-52-50-48-46-44-42-40-34-32-30-28-26-24-22-20-18-16-14-12-10-8-6-4-2/h75-78,80-87,89-91,93-97H,3-74H2,1-2H3,(H,88,92). The van der Waals surface area contributed by atoms with Crippen molar-refractivity contribution in [2.45, 2.75) is 530 Å². The van der Waals surface area contributed by atoms with Gasteiger partial charge in [0.25, 0.3) is 0 Å². The Labute approximate surface area is 623 Å². The van der Waals surface area contributed by atoms with Crippen LogP contribution < -0.4 is 5.32 Å². The van der Waals surface area contributed by atoms with Crippen molar-refractivity contribution in [2.75, 3.05) is 19.8 Å². The van der Waals surface area contributed by atoms with Crippen LogP contribution in [0.25, 0.3) is 0 Å². The number of hydrogen-bond acceptors (Lipinski definition) is 13. The summed E-state index contributed by atoms with van der Waals surface area (Å²) in [6, 6.07) is -0.826. The SMILES string of the molecule is CCCCCCCCCCCCCCCCCCCCCCCCCCCCCCCCCCCCCCC(=O)NC(COC1OC(CO)C(OC2OC(CO)C(O)C(O)C2O)C(O)C1O)C(O)CCCCCCCCCCCCCCCCCCCCCCCCCCCCCCCCC. The van der Waals surface area contributed by atoms with Crippen LogP contribution in [-0.4, -0.2) is 140 Å². The molecule has 12 atom stereocenters. The van der Waals surface area contributed by atoms with E-state index in [4.69, 9.17) is 18.9 Å². The average Bonchev–Trinajstić information content (AvgIpc) is 0.791. The quantitative estimate of drug-likeness (QED) is 0.0259. The largest absolute Gasteiger partial charge is 0.394 e. The molecule has 14 heteroatoms. The number of aliphatic hydroxyl groups is 8. The molecule has 0 radical (unpaired) electrons. The summed E-state index contributed by atoms with van der Waals surface area (Å²) in [4.78, 5) is 13.4. The summed E-state index contributed by atoms with van der Waals surface area (Å²) in [5.74, 6) is -0.193. The van der Waals surface area contributed by atoms with Gasteiger partial charge in [-0.1, -0.05) is 438 Å². The summed E-state index contributed by atoms with van der Waals surface area (Å²) in [5, 5.41) is 88.0. The Morgan fingerprint density at radius 3 is 0.842 bits per heavy atom. The van der Waals surface area contributed by atoms with Gasteiger partial charge in [-0.05, 0) is 12.8 Å². The summed E-state index contributed by atoms with van der Waals surface area (Å²) in [6.07, 6.45) is 74.7. The molecule has 0 aromatic heterocycles. The molecule has 0 bridgehead atoms. The molecule has 0 aromatic carbocycles. The van der Waals surface area contributed by atoms with Gasteiger partial charge in [-0.15, -0.1) is 0 Å². The first-order valence-electron chi connectivity index (χ1n) is 44.8. The van der Waals surface area contributed by atoms with Crippen molar-refractivity contribution in [3.63, 3.8) is 0 Å². The molecule has 0 saturated carbocycles. The second kappa shape index (κ2) is 71.9. The van der Waals surface area contributed by atoms with Gasteiger partial charge in [-0.25, -0.2) is 0 Å². The first-order valence-corrected chi connectivity index (χ1v) is 44.8. The highest BCUT2D eigenvalue weighted by molar-refractivity contribution is 5.76. The van der Waals surface area contributed by atoms with Crippen molar-refractivity contribution >= 4 is 5.91 Å². The monoisotopic (exact) mass is 1440 g/mol. The molecule has 101 heavy (non-hydrogen) atoms. The van der Waals surface area contributed by atoms with Gasteiger partial charge in [0.2, 0.25) is 5.91 Å². The van der Waals surface area contributed by atoms with Crippen molar-refractivity contribution in [3.8, 4) is 0 Å². The fourth-order valence-corrected chi connectivity index (χ4v) is 15.5. The first-order chi connectivity index (χ1) is 49.6. The lowest BCUT2D eigenvalue weighted by Crippen LogP contribution is -2.65. The van der Waals surface area contributed by atoms with Gasteiger partial charge >= 0.3 is 0 Å². The number of rotatable bonds is 78. The Balaban J connectivity index is 1.55. The maximum atomic E-state index is 13.4. The van der Waals surface area contributed by atoms with Gasteiger partial charge in [0.05, 0.1) is 32.0 Å². The van der Waals surface area contributed by atoms with Crippen molar-refractivity contribution in [2.24, 2.45) is 0 Å². The second-order valence-corrected chi connectivity index (χ2v) is 32.1. The molecule has 2 heterocycles. The van der Waals surface area contributed by atoms with E-state index in [0.717, 1.165) is 51.4 Å². The number of nitrogens with one attached hydrogen (secondary N) is 1. The molecule has 2 fully saturated rings. The molecule has 2 rings (SSSR count).